The summed E-state index contributed by atoms with van der Waals surface area (Å²) < 4.78 is 41.4. The number of carboxylic acids is 1. The predicted octanol–water partition coefficient (Wildman–Crippen LogP) is 1.01. The zero-order chi connectivity index (χ0) is 16.8. The SMILES string of the molecule is Cn1cc(S(=O)(=O)N2CC(C(=O)O)Cc3cc(F)ccc32)cn1. The highest BCUT2D eigenvalue weighted by atomic mass is 32.2. The van der Waals surface area contributed by atoms with Crippen molar-refractivity contribution < 1.29 is 22.7 Å². The first kappa shape index (κ1) is 15.5. The minimum absolute atomic E-state index is 0.0405. The number of halogens is 1. The fourth-order valence-corrected chi connectivity index (χ4v) is 4.18. The molecule has 122 valence electrons. The highest BCUT2D eigenvalue weighted by Crippen LogP contribution is 2.34. The van der Waals surface area contributed by atoms with Crippen LogP contribution in [0.2, 0.25) is 0 Å². The van der Waals surface area contributed by atoms with Crippen molar-refractivity contribution in [1.29, 1.82) is 0 Å². The van der Waals surface area contributed by atoms with Crippen LogP contribution in [0.5, 0.6) is 0 Å². The molecule has 0 fully saturated rings. The van der Waals surface area contributed by atoms with E-state index in [1.54, 1.807) is 7.05 Å². The van der Waals surface area contributed by atoms with E-state index in [1.165, 1.54) is 29.2 Å². The summed E-state index contributed by atoms with van der Waals surface area (Å²) in [5.74, 6) is -2.59. The van der Waals surface area contributed by atoms with Crippen LogP contribution in [0.15, 0.2) is 35.5 Å². The molecule has 0 spiro atoms. The molecule has 0 radical (unpaired) electrons. The van der Waals surface area contributed by atoms with E-state index in [0.29, 0.717) is 11.3 Å². The van der Waals surface area contributed by atoms with Crippen molar-refractivity contribution in [2.75, 3.05) is 10.8 Å². The van der Waals surface area contributed by atoms with Crippen LogP contribution >= 0.6 is 0 Å². The van der Waals surface area contributed by atoms with Gasteiger partial charge in [-0.05, 0) is 30.2 Å². The third-order valence-corrected chi connectivity index (χ3v) is 5.51. The summed E-state index contributed by atoms with van der Waals surface area (Å²) in [6.45, 7) is -0.203. The molecule has 3 rings (SSSR count). The van der Waals surface area contributed by atoms with Gasteiger partial charge in [-0.1, -0.05) is 0 Å². The Hall–Kier alpha value is -2.42. The number of sulfonamides is 1. The summed E-state index contributed by atoms with van der Waals surface area (Å²) in [7, 11) is -2.39. The second-order valence-corrected chi connectivity index (χ2v) is 7.26. The maximum Gasteiger partial charge on any atom is 0.308 e. The fraction of sp³-hybridized carbons (Fsp3) is 0.286. The number of hydrogen-bond donors (Lipinski definition) is 1. The number of aliphatic carboxylic acids is 1. The Morgan fingerprint density at radius 2 is 2.17 bits per heavy atom. The fourth-order valence-electron chi connectivity index (χ4n) is 2.64. The van der Waals surface area contributed by atoms with Crippen molar-refractivity contribution in [2.45, 2.75) is 11.3 Å². The van der Waals surface area contributed by atoms with Gasteiger partial charge >= 0.3 is 5.97 Å². The summed E-state index contributed by atoms with van der Waals surface area (Å²) in [4.78, 5) is 11.3. The zero-order valence-corrected chi connectivity index (χ0v) is 13.0. The molecule has 23 heavy (non-hydrogen) atoms. The lowest BCUT2D eigenvalue weighted by atomic mass is 9.94. The number of aryl methyl sites for hydroxylation is 1. The van der Waals surface area contributed by atoms with Crippen LogP contribution < -0.4 is 4.31 Å². The van der Waals surface area contributed by atoms with Crippen molar-refractivity contribution in [3.8, 4) is 0 Å². The Morgan fingerprint density at radius 3 is 2.78 bits per heavy atom. The number of anilines is 1. The normalized spacial score (nSPS) is 17.8. The zero-order valence-electron chi connectivity index (χ0n) is 12.2. The van der Waals surface area contributed by atoms with Gasteiger partial charge in [0.1, 0.15) is 10.7 Å². The van der Waals surface area contributed by atoms with E-state index in [2.05, 4.69) is 5.10 Å². The molecule has 1 aromatic heterocycles. The Labute approximate surface area is 132 Å². The van der Waals surface area contributed by atoms with Gasteiger partial charge < -0.3 is 5.11 Å². The Morgan fingerprint density at radius 1 is 1.43 bits per heavy atom. The number of hydrogen-bond acceptors (Lipinski definition) is 4. The first-order valence-corrected chi connectivity index (χ1v) is 8.25. The van der Waals surface area contributed by atoms with Gasteiger partial charge in [0, 0.05) is 19.8 Å². The molecule has 0 aliphatic carbocycles. The summed E-state index contributed by atoms with van der Waals surface area (Å²) in [6.07, 6.45) is 2.62. The van der Waals surface area contributed by atoms with E-state index >= 15 is 0 Å². The molecular weight excluding hydrogens is 325 g/mol. The monoisotopic (exact) mass is 339 g/mol. The van der Waals surface area contributed by atoms with Gasteiger partial charge in [-0.15, -0.1) is 0 Å². The lowest BCUT2D eigenvalue weighted by molar-refractivity contribution is -0.141. The van der Waals surface area contributed by atoms with Crippen molar-refractivity contribution in [2.24, 2.45) is 13.0 Å². The topological polar surface area (TPSA) is 92.5 Å². The molecule has 1 unspecified atom stereocenters. The smallest absolute Gasteiger partial charge is 0.308 e. The molecule has 7 nitrogen and oxygen atoms in total. The maximum absolute atomic E-state index is 13.4. The van der Waals surface area contributed by atoms with E-state index < -0.39 is 27.7 Å². The number of fused-ring (bicyclic) bond motifs is 1. The van der Waals surface area contributed by atoms with Gasteiger partial charge in [0.15, 0.2) is 0 Å². The van der Waals surface area contributed by atoms with Crippen molar-refractivity contribution in [3.63, 3.8) is 0 Å². The van der Waals surface area contributed by atoms with Crippen LogP contribution in [-0.4, -0.2) is 35.8 Å². The van der Waals surface area contributed by atoms with Gasteiger partial charge in [-0.25, -0.2) is 12.8 Å². The molecule has 0 amide bonds. The molecule has 2 heterocycles. The van der Waals surface area contributed by atoms with Gasteiger partial charge in [0.05, 0.1) is 17.8 Å². The molecule has 1 aliphatic heterocycles. The maximum atomic E-state index is 13.4. The number of benzene rings is 1. The minimum atomic E-state index is -3.97. The molecular formula is C14H14FN3O4S. The second-order valence-electron chi connectivity index (χ2n) is 5.40. The van der Waals surface area contributed by atoms with Gasteiger partial charge in [0.25, 0.3) is 10.0 Å². The summed E-state index contributed by atoms with van der Waals surface area (Å²) in [6, 6.07) is 3.69. The average molecular weight is 339 g/mol. The largest absolute Gasteiger partial charge is 0.481 e. The molecule has 0 saturated heterocycles. The van der Waals surface area contributed by atoms with E-state index in [1.807, 2.05) is 0 Å². The molecule has 2 aromatic rings. The van der Waals surface area contributed by atoms with Crippen LogP contribution in [0.4, 0.5) is 10.1 Å². The number of nitrogens with zero attached hydrogens (tertiary/aromatic N) is 3. The third-order valence-electron chi connectivity index (χ3n) is 3.78. The molecule has 0 saturated carbocycles. The molecule has 1 aliphatic rings. The highest BCUT2D eigenvalue weighted by molar-refractivity contribution is 7.92. The molecule has 0 bridgehead atoms. The quantitative estimate of drug-likeness (QED) is 0.901. The third kappa shape index (κ3) is 2.67. The first-order valence-electron chi connectivity index (χ1n) is 6.81. The van der Waals surface area contributed by atoms with Gasteiger partial charge in [0.2, 0.25) is 0 Å². The highest BCUT2D eigenvalue weighted by Gasteiger charge is 2.36. The van der Waals surface area contributed by atoms with E-state index in [0.717, 1.165) is 10.4 Å². The molecule has 9 heteroatoms. The van der Waals surface area contributed by atoms with Crippen LogP contribution in [0.3, 0.4) is 0 Å². The Bertz CT molecular complexity index is 878. The number of carboxylic acid groups (broad SMARTS) is 1. The van der Waals surface area contributed by atoms with Crippen molar-refractivity contribution >= 4 is 21.7 Å². The van der Waals surface area contributed by atoms with Gasteiger partial charge in [-0.2, -0.15) is 5.10 Å². The number of rotatable bonds is 3. The van der Waals surface area contributed by atoms with Crippen molar-refractivity contribution in [1.82, 2.24) is 9.78 Å². The number of carbonyl (C=O) groups is 1. The van der Waals surface area contributed by atoms with Crippen LogP contribution in [0, 0.1) is 11.7 Å². The first-order chi connectivity index (χ1) is 10.8. The molecule has 1 N–H and O–H groups in total. The summed E-state index contributed by atoms with van der Waals surface area (Å²) in [5.41, 5.74) is 0.656. The lowest BCUT2D eigenvalue weighted by Crippen LogP contribution is -2.42. The molecule has 1 aromatic carbocycles. The second kappa shape index (κ2) is 5.34. The van der Waals surface area contributed by atoms with Crippen LogP contribution in [0.25, 0.3) is 0 Å². The average Bonchev–Trinajstić information content (AvgIpc) is 2.93. The molecule has 1 atom stereocenters. The predicted molar refractivity (Wildman–Crippen MR) is 79.0 cm³/mol. The van der Waals surface area contributed by atoms with Gasteiger partial charge in [-0.3, -0.25) is 13.8 Å². The van der Waals surface area contributed by atoms with E-state index in [9.17, 15) is 22.7 Å². The minimum Gasteiger partial charge on any atom is -0.481 e. The van der Waals surface area contributed by atoms with Crippen LogP contribution in [-0.2, 0) is 28.3 Å². The summed E-state index contributed by atoms with van der Waals surface area (Å²) in [5, 5.41) is 13.1. The van der Waals surface area contributed by atoms with E-state index in [-0.39, 0.29) is 17.9 Å². The Balaban J connectivity index is 2.12. The summed E-state index contributed by atoms with van der Waals surface area (Å²) >= 11 is 0. The lowest BCUT2D eigenvalue weighted by Gasteiger charge is -2.33. The standard InChI is InChI=1S/C14H14FN3O4S/c1-17-8-12(6-16-17)23(21,22)18-7-10(14(19)20)4-9-5-11(15)2-3-13(9)18/h2-3,5-6,8,10H,4,7H2,1H3,(H,19,20). The van der Waals surface area contributed by atoms with Crippen LogP contribution in [0.1, 0.15) is 5.56 Å². The van der Waals surface area contributed by atoms with E-state index in [4.69, 9.17) is 0 Å². The Kier molecular flexibility index (Phi) is 3.59. The number of aromatic nitrogens is 2. The van der Waals surface area contributed by atoms with Crippen molar-refractivity contribution in [3.05, 3.63) is 42.0 Å².